The van der Waals surface area contributed by atoms with Crippen LogP contribution in [0.3, 0.4) is 0 Å². The van der Waals surface area contributed by atoms with Crippen LogP contribution in [0, 0.1) is 6.92 Å². The van der Waals surface area contributed by atoms with Crippen LogP contribution >= 0.6 is 0 Å². The largest absolute Gasteiger partial charge is 0.376 e. The van der Waals surface area contributed by atoms with E-state index in [1.54, 1.807) is 24.3 Å². The molecule has 6 nitrogen and oxygen atoms in total. The van der Waals surface area contributed by atoms with E-state index in [-0.39, 0.29) is 18.2 Å². The standard InChI is InChI=1S/C16H23N3O3/c1-12-4-5-13(18-10-12)15(21)19-9-3-7-16(11-19,22-2)8-6-14(17)20/h4-5,10H,3,6-9,11H2,1-2H3,(H2,17,20). The molecule has 1 aromatic rings. The van der Waals surface area contributed by atoms with Gasteiger partial charge in [0.15, 0.2) is 0 Å². The van der Waals surface area contributed by atoms with Gasteiger partial charge < -0.3 is 15.4 Å². The third-order valence-corrected chi connectivity index (χ3v) is 4.22. The fraction of sp³-hybridized carbons (Fsp3) is 0.562. The van der Waals surface area contributed by atoms with E-state index < -0.39 is 5.60 Å². The van der Waals surface area contributed by atoms with Crippen LogP contribution in [0.15, 0.2) is 18.3 Å². The molecule has 1 aromatic heterocycles. The number of hydrogen-bond acceptors (Lipinski definition) is 4. The Morgan fingerprint density at radius 1 is 1.45 bits per heavy atom. The van der Waals surface area contributed by atoms with Gasteiger partial charge in [0.05, 0.1) is 12.1 Å². The van der Waals surface area contributed by atoms with Gasteiger partial charge in [-0.15, -0.1) is 0 Å². The number of ether oxygens (including phenoxy) is 1. The Kier molecular flexibility index (Phi) is 5.13. The lowest BCUT2D eigenvalue weighted by Crippen LogP contribution is -2.51. The van der Waals surface area contributed by atoms with Crippen LogP contribution in [0.25, 0.3) is 0 Å². The Balaban J connectivity index is 2.09. The van der Waals surface area contributed by atoms with Crippen LogP contribution < -0.4 is 5.73 Å². The number of nitrogens with two attached hydrogens (primary N) is 1. The predicted octanol–water partition coefficient (Wildman–Crippen LogP) is 1.28. The Hall–Kier alpha value is -1.95. The van der Waals surface area contributed by atoms with Crippen molar-refractivity contribution in [1.82, 2.24) is 9.88 Å². The van der Waals surface area contributed by atoms with E-state index >= 15 is 0 Å². The van der Waals surface area contributed by atoms with Crippen molar-refractivity contribution < 1.29 is 14.3 Å². The van der Waals surface area contributed by atoms with Crippen molar-refractivity contribution in [3.63, 3.8) is 0 Å². The molecule has 1 unspecified atom stereocenters. The zero-order valence-corrected chi connectivity index (χ0v) is 13.2. The molecule has 0 bridgehead atoms. The van der Waals surface area contributed by atoms with Gasteiger partial charge in [-0.1, -0.05) is 6.07 Å². The quantitative estimate of drug-likeness (QED) is 0.888. The highest BCUT2D eigenvalue weighted by Crippen LogP contribution is 2.29. The van der Waals surface area contributed by atoms with Crippen LogP contribution in [0.1, 0.15) is 41.7 Å². The summed E-state index contributed by atoms with van der Waals surface area (Å²) >= 11 is 0. The average molecular weight is 305 g/mol. The second-order valence-electron chi connectivity index (χ2n) is 5.90. The highest BCUT2D eigenvalue weighted by molar-refractivity contribution is 5.92. The summed E-state index contributed by atoms with van der Waals surface area (Å²) in [5, 5.41) is 0. The second kappa shape index (κ2) is 6.87. The van der Waals surface area contributed by atoms with Crippen molar-refractivity contribution in [2.45, 2.75) is 38.2 Å². The van der Waals surface area contributed by atoms with Crippen molar-refractivity contribution in [2.24, 2.45) is 5.73 Å². The van der Waals surface area contributed by atoms with Crippen LogP contribution in [0.5, 0.6) is 0 Å². The number of primary amides is 1. The van der Waals surface area contributed by atoms with Gasteiger partial charge in [0, 0.05) is 26.3 Å². The zero-order valence-electron chi connectivity index (χ0n) is 13.2. The smallest absolute Gasteiger partial charge is 0.272 e. The first-order chi connectivity index (χ1) is 10.5. The van der Waals surface area contributed by atoms with E-state index in [0.717, 1.165) is 18.4 Å². The number of carbonyl (C=O) groups is 2. The molecule has 1 aliphatic rings. The molecule has 2 amide bonds. The lowest BCUT2D eigenvalue weighted by Gasteiger charge is -2.41. The Labute approximate surface area is 130 Å². The van der Waals surface area contributed by atoms with Crippen molar-refractivity contribution >= 4 is 11.8 Å². The van der Waals surface area contributed by atoms with E-state index in [0.29, 0.717) is 25.2 Å². The maximum Gasteiger partial charge on any atom is 0.272 e. The molecule has 0 aliphatic carbocycles. The number of aromatic nitrogens is 1. The summed E-state index contributed by atoms with van der Waals surface area (Å²) in [5.41, 5.74) is 6.20. The Morgan fingerprint density at radius 2 is 2.23 bits per heavy atom. The summed E-state index contributed by atoms with van der Waals surface area (Å²) in [6, 6.07) is 3.62. The number of amides is 2. The molecule has 120 valence electrons. The van der Waals surface area contributed by atoms with Crippen molar-refractivity contribution in [3.8, 4) is 0 Å². The van der Waals surface area contributed by atoms with Crippen LogP contribution in [0.2, 0.25) is 0 Å². The summed E-state index contributed by atoms with van der Waals surface area (Å²) in [6.07, 6.45) is 4.14. The maximum absolute atomic E-state index is 12.6. The molecule has 0 aromatic carbocycles. The fourth-order valence-electron chi connectivity index (χ4n) is 2.85. The molecule has 2 heterocycles. The van der Waals surface area contributed by atoms with E-state index in [1.807, 2.05) is 13.0 Å². The van der Waals surface area contributed by atoms with Crippen molar-refractivity contribution in [3.05, 3.63) is 29.6 Å². The summed E-state index contributed by atoms with van der Waals surface area (Å²) in [4.78, 5) is 29.6. The van der Waals surface area contributed by atoms with Gasteiger partial charge in [-0.3, -0.25) is 14.6 Å². The molecular weight excluding hydrogens is 282 g/mol. The minimum absolute atomic E-state index is 0.0970. The first kappa shape index (κ1) is 16.4. The summed E-state index contributed by atoms with van der Waals surface area (Å²) in [5.74, 6) is -0.444. The van der Waals surface area contributed by atoms with Gasteiger partial charge in [0.1, 0.15) is 5.69 Å². The van der Waals surface area contributed by atoms with Gasteiger partial charge >= 0.3 is 0 Å². The van der Waals surface area contributed by atoms with Gasteiger partial charge in [-0.05, 0) is 37.8 Å². The number of aryl methyl sites for hydroxylation is 1. The maximum atomic E-state index is 12.6. The molecule has 0 spiro atoms. The Bertz CT molecular complexity index is 544. The SMILES string of the molecule is COC1(CCC(N)=O)CCCN(C(=O)c2ccc(C)cn2)C1. The molecular formula is C16H23N3O3. The molecule has 22 heavy (non-hydrogen) atoms. The number of piperidine rings is 1. The zero-order chi connectivity index (χ0) is 16.2. The molecule has 1 aliphatic heterocycles. The highest BCUT2D eigenvalue weighted by atomic mass is 16.5. The molecule has 0 saturated carbocycles. The van der Waals surface area contributed by atoms with Gasteiger partial charge in [0.2, 0.25) is 5.91 Å². The molecule has 1 atom stereocenters. The van der Waals surface area contributed by atoms with Crippen molar-refractivity contribution in [2.75, 3.05) is 20.2 Å². The molecule has 2 N–H and O–H groups in total. The van der Waals surface area contributed by atoms with Crippen LogP contribution in [0.4, 0.5) is 0 Å². The number of nitrogens with zero attached hydrogens (tertiary/aromatic N) is 2. The Morgan fingerprint density at radius 3 is 2.82 bits per heavy atom. The topological polar surface area (TPSA) is 85.5 Å². The minimum atomic E-state index is -0.492. The van der Waals surface area contributed by atoms with E-state index in [4.69, 9.17) is 10.5 Å². The number of hydrogen-bond donors (Lipinski definition) is 1. The number of carbonyl (C=O) groups excluding carboxylic acids is 2. The number of pyridine rings is 1. The van der Waals surface area contributed by atoms with Crippen LogP contribution in [-0.2, 0) is 9.53 Å². The summed E-state index contributed by atoms with van der Waals surface area (Å²) in [6.45, 7) is 3.07. The number of rotatable bonds is 5. The van der Waals surface area contributed by atoms with Gasteiger partial charge in [-0.25, -0.2) is 0 Å². The molecule has 1 saturated heterocycles. The monoisotopic (exact) mass is 305 g/mol. The number of methoxy groups -OCH3 is 1. The highest BCUT2D eigenvalue weighted by Gasteiger charge is 2.37. The van der Waals surface area contributed by atoms with Crippen LogP contribution in [-0.4, -0.2) is 47.5 Å². The average Bonchev–Trinajstić information content (AvgIpc) is 2.53. The van der Waals surface area contributed by atoms with Crippen molar-refractivity contribution in [1.29, 1.82) is 0 Å². The lowest BCUT2D eigenvalue weighted by molar-refractivity contribution is -0.121. The minimum Gasteiger partial charge on any atom is -0.376 e. The second-order valence-corrected chi connectivity index (χ2v) is 5.90. The van der Waals surface area contributed by atoms with Gasteiger partial charge in [0.25, 0.3) is 5.91 Å². The summed E-state index contributed by atoms with van der Waals surface area (Å²) in [7, 11) is 1.62. The van der Waals surface area contributed by atoms with Gasteiger partial charge in [-0.2, -0.15) is 0 Å². The predicted molar refractivity (Wildman–Crippen MR) is 82.3 cm³/mol. The molecule has 6 heteroatoms. The third-order valence-electron chi connectivity index (χ3n) is 4.22. The lowest BCUT2D eigenvalue weighted by atomic mass is 9.87. The first-order valence-electron chi connectivity index (χ1n) is 7.51. The summed E-state index contributed by atoms with van der Waals surface area (Å²) < 4.78 is 5.64. The third kappa shape index (κ3) is 3.82. The first-order valence-corrected chi connectivity index (χ1v) is 7.51. The molecule has 2 rings (SSSR count). The molecule has 0 radical (unpaired) electrons. The van der Waals surface area contributed by atoms with E-state index in [1.165, 1.54) is 0 Å². The normalized spacial score (nSPS) is 21.6. The number of likely N-dealkylation sites (tertiary alicyclic amines) is 1. The van der Waals surface area contributed by atoms with E-state index in [2.05, 4.69) is 4.98 Å². The van der Waals surface area contributed by atoms with E-state index in [9.17, 15) is 9.59 Å². The molecule has 1 fully saturated rings. The fourth-order valence-corrected chi connectivity index (χ4v) is 2.85.